The van der Waals surface area contributed by atoms with Crippen molar-refractivity contribution in [3.05, 3.63) is 70.8 Å². The molecular formula is C20H20FN3O. The first-order valence-electron chi connectivity index (χ1n) is 8.43. The predicted molar refractivity (Wildman–Crippen MR) is 95.9 cm³/mol. The number of carbonyl (C=O) groups is 1. The van der Waals surface area contributed by atoms with E-state index < -0.39 is 0 Å². The molecule has 0 radical (unpaired) electrons. The monoisotopic (exact) mass is 337 g/mol. The summed E-state index contributed by atoms with van der Waals surface area (Å²) in [6, 6.07) is 11.4. The van der Waals surface area contributed by atoms with Gasteiger partial charge in [-0.2, -0.15) is 0 Å². The zero-order valence-electron chi connectivity index (χ0n) is 14.3. The fraction of sp³-hybridized carbons (Fsp3) is 0.250. The Balaban J connectivity index is 1.80. The summed E-state index contributed by atoms with van der Waals surface area (Å²) in [6.07, 6.45) is 1.65. The normalized spacial score (nSPS) is 10.8. The third-order valence-corrected chi connectivity index (χ3v) is 4.12. The maximum atomic E-state index is 12.9. The minimum absolute atomic E-state index is 0.189. The second-order valence-corrected chi connectivity index (χ2v) is 5.84. The number of hydrogen-bond acceptors (Lipinski definition) is 3. The molecule has 5 heteroatoms. The van der Waals surface area contributed by atoms with Gasteiger partial charge in [-0.3, -0.25) is 4.79 Å². The van der Waals surface area contributed by atoms with Crippen LogP contribution in [0.2, 0.25) is 0 Å². The highest BCUT2D eigenvalue weighted by Gasteiger charge is 2.10. The van der Waals surface area contributed by atoms with Crippen molar-refractivity contribution in [1.29, 1.82) is 0 Å². The summed E-state index contributed by atoms with van der Waals surface area (Å²) in [4.78, 5) is 21.7. The van der Waals surface area contributed by atoms with Crippen LogP contribution in [-0.2, 0) is 19.4 Å². The van der Waals surface area contributed by atoms with Crippen LogP contribution in [0, 0.1) is 5.82 Å². The van der Waals surface area contributed by atoms with Gasteiger partial charge < -0.3 is 5.32 Å². The third-order valence-electron chi connectivity index (χ3n) is 4.12. The van der Waals surface area contributed by atoms with Gasteiger partial charge in [0.25, 0.3) is 5.91 Å². The van der Waals surface area contributed by atoms with Crippen molar-refractivity contribution < 1.29 is 9.18 Å². The van der Waals surface area contributed by atoms with Crippen LogP contribution in [0.4, 0.5) is 4.39 Å². The fourth-order valence-electron chi connectivity index (χ4n) is 2.72. The van der Waals surface area contributed by atoms with E-state index in [0.717, 1.165) is 40.8 Å². The number of benzene rings is 2. The lowest BCUT2D eigenvalue weighted by Crippen LogP contribution is -2.22. The minimum Gasteiger partial charge on any atom is -0.348 e. The highest BCUT2D eigenvalue weighted by Crippen LogP contribution is 2.16. The summed E-state index contributed by atoms with van der Waals surface area (Å²) in [5, 5.41) is 2.84. The summed E-state index contributed by atoms with van der Waals surface area (Å²) in [5.74, 6) is -0.480. The summed E-state index contributed by atoms with van der Waals surface area (Å²) < 4.78 is 12.9. The Morgan fingerprint density at radius 3 is 2.24 bits per heavy atom. The van der Waals surface area contributed by atoms with Crippen LogP contribution in [0.3, 0.4) is 0 Å². The Bertz CT molecular complexity index is 907. The van der Waals surface area contributed by atoms with E-state index >= 15 is 0 Å². The molecule has 0 spiro atoms. The molecule has 0 aliphatic rings. The predicted octanol–water partition coefficient (Wildman–Crippen LogP) is 3.82. The average molecular weight is 337 g/mol. The number of halogens is 1. The molecule has 3 rings (SSSR count). The Kier molecular flexibility index (Phi) is 5.03. The smallest absolute Gasteiger partial charge is 0.251 e. The lowest BCUT2D eigenvalue weighted by Gasteiger charge is -2.09. The molecule has 3 aromatic rings. The van der Waals surface area contributed by atoms with Gasteiger partial charge in [0.1, 0.15) is 5.82 Å². The molecule has 0 bridgehead atoms. The molecule has 2 aromatic carbocycles. The van der Waals surface area contributed by atoms with E-state index in [4.69, 9.17) is 0 Å². The molecule has 25 heavy (non-hydrogen) atoms. The van der Waals surface area contributed by atoms with Crippen molar-refractivity contribution in [1.82, 2.24) is 15.3 Å². The van der Waals surface area contributed by atoms with E-state index in [1.165, 1.54) is 12.1 Å². The van der Waals surface area contributed by atoms with Gasteiger partial charge in [-0.05, 0) is 48.7 Å². The summed E-state index contributed by atoms with van der Waals surface area (Å²) in [6.45, 7) is 4.46. The summed E-state index contributed by atoms with van der Waals surface area (Å²) in [5.41, 5.74) is 4.88. The zero-order chi connectivity index (χ0) is 17.8. The van der Waals surface area contributed by atoms with Crippen LogP contribution in [-0.4, -0.2) is 15.9 Å². The topological polar surface area (TPSA) is 54.9 Å². The van der Waals surface area contributed by atoms with Gasteiger partial charge in [0, 0.05) is 12.1 Å². The van der Waals surface area contributed by atoms with E-state index in [2.05, 4.69) is 22.2 Å². The van der Waals surface area contributed by atoms with E-state index in [-0.39, 0.29) is 11.7 Å². The lowest BCUT2D eigenvalue weighted by molar-refractivity contribution is 0.0951. The minimum atomic E-state index is -0.290. The lowest BCUT2D eigenvalue weighted by atomic mass is 10.1. The number of nitrogens with one attached hydrogen (secondary N) is 1. The van der Waals surface area contributed by atoms with Crippen LogP contribution in [0.1, 0.15) is 41.2 Å². The number of carbonyl (C=O) groups excluding carboxylic acids is 1. The number of hydrogen-bond donors (Lipinski definition) is 1. The molecule has 0 atom stereocenters. The van der Waals surface area contributed by atoms with Gasteiger partial charge >= 0.3 is 0 Å². The van der Waals surface area contributed by atoms with Gasteiger partial charge in [-0.25, -0.2) is 14.4 Å². The van der Waals surface area contributed by atoms with Gasteiger partial charge in [-0.1, -0.05) is 26.0 Å². The second-order valence-electron chi connectivity index (χ2n) is 5.84. The molecule has 4 nitrogen and oxygen atoms in total. The molecular weight excluding hydrogens is 317 g/mol. The van der Waals surface area contributed by atoms with E-state index in [9.17, 15) is 9.18 Å². The van der Waals surface area contributed by atoms with Crippen LogP contribution in [0.25, 0.3) is 11.0 Å². The van der Waals surface area contributed by atoms with Crippen molar-refractivity contribution in [2.24, 2.45) is 0 Å². The number of nitrogens with zero attached hydrogens (tertiary/aromatic N) is 2. The van der Waals surface area contributed by atoms with Crippen molar-refractivity contribution in [2.45, 2.75) is 33.2 Å². The van der Waals surface area contributed by atoms with Crippen LogP contribution in [0.5, 0.6) is 0 Å². The molecule has 0 aliphatic carbocycles. The maximum absolute atomic E-state index is 12.9. The van der Waals surface area contributed by atoms with Crippen molar-refractivity contribution in [2.75, 3.05) is 0 Å². The van der Waals surface area contributed by atoms with Crippen molar-refractivity contribution in [3.63, 3.8) is 0 Å². The number of aromatic nitrogens is 2. The molecule has 128 valence electrons. The molecule has 1 heterocycles. The molecule has 1 N–H and O–H groups in total. The number of rotatable bonds is 5. The van der Waals surface area contributed by atoms with Gasteiger partial charge in [0.2, 0.25) is 0 Å². The molecule has 0 unspecified atom stereocenters. The van der Waals surface area contributed by atoms with Crippen LogP contribution < -0.4 is 5.32 Å². The Hall–Kier alpha value is -2.82. The molecule has 0 fully saturated rings. The first-order chi connectivity index (χ1) is 12.1. The highest BCUT2D eigenvalue weighted by atomic mass is 19.1. The molecule has 0 saturated heterocycles. The molecule has 1 amide bonds. The average Bonchev–Trinajstić information content (AvgIpc) is 2.65. The number of aryl methyl sites for hydroxylation is 2. The Morgan fingerprint density at radius 1 is 0.960 bits per heavy atom. The molecule has 0 aliphatic heterocycles. The SMILES string of the molecule is CCc1nc2ccc(C(=O)NCc3ccc(F)cc3)cc2nc1CC. The molecule has 0 saturated carbocycles. The molecule has 1 aromatic heterocycles. The quantitative estimate of drug-likeness (QED) is 0.770. The van der Waals surface area contributed by atoms with Gasteiger partial charge in [-0.15, -0.1) is 0 Å². The first kappa shape index (κ1) is 17.0. The largest absolute Gasteiger partial charge is 0.348 e. The van der Waals surface area contributed by atoms with Crippen LogP contribution in [0.15, 0.2) is 42.5 Å². The highest BCUT2D eigenvalue weighted by molar-refractivity contribution is 5.97. The van der Waals surface area contributed by atoms with Crippen molar-refractivity contribution in [3.8, 4) is 0 Å². The maximum Gasteiger partial charge on any atom is 0.251 e. The first-order valence-corrected chi connectivity index (χ1v) is 8.43. The Labute approximate surface area is 146 Å². The fourth-order valence-corrected chi connectivity index (χ4v) is 2.72. The number of fused-ring (bicyclic) bond motifs is 1. The number of amides is 1. The van der Waals surface area contributed by atoms with Crippen LogP contribution >= 0.6 is 0 Å². The third kappa shape index (κ3) is 3.82. The summed E-state index contributed by atoms with van der Waals surface area (Å²) >= 11 is 0. The zero-order valence-corrected chi connectivity index (χ0v) is 14.3. The second kappa shape index (κ2) is 7.38. The van der Waals surface area contributed by atoms with E-state index in [1.807, 2.05) is 13.0 Å². The van der Waals surface area contributed by atoms with E-state index in [0.29, 0.717) is 12.1 Å². The Morgan fingerprint density at radius 2 is 1.60 bits per heavy atom. The standard InChI is InChI=1S/C20H20FN3O/c1-3-16-17(4-2)24-19-11-14(7-10-18(19)23-16)20(25)22-12-13-5-8-15(21)9-6-13/h5-11H,3-4,12H2,1-2H3,(H,22,25). The van der Waals surface area contributed by atoms with Gasteiger partial charge in [0.05, 0.1) is 22.4 Å². The summed E-state index contributed by atoms with van der Waals surface area (Å²) in [7, 11) is 0. The van der Waals surface area contributed by atoms with Crippen molar-refractivity contribution >= 4 is 16.9 Å². The van der Waals surface area contributed by atoms with Gasteiger partial charge in [0.15, 0.2) is 0 Å². The van der Waals surface area contributed by atoms with E-state index in [1.54, 1.807) is 24.3 Å².